The molecule has 1 aliphatic heterocycles. The molecule has 1 fully saturated rings. The van der Waals surface area contributed by atoms with Crippen molar-refractivity contribution in [1.82, 2.24) is 15.5 Å². The van der Waals surface area contributed by atoms with Gasteiger partial charge in [-0.15, -0.1) is 15.6 Å². The Kier molecular flexibility index (Phi) is 6.21. The number of ether oxygens (including phenoxy) is 1. The monoisotopic (exact) mass is 439 g/mol. The molecule has 0 saturated carbocycles. The molecule has 1 saturated heterocycles. The van der Waals surface area contributed by atoms with E-state index in [9.17, 15) is 22.8 Å². The summed E-state index contributed by atoms with van der Waals surface area (Å²) in [7, 11) is -4.97. The van der Waals surface area contributed by atoms with E-state index in [0.29, 0.717) is 5.06 Å². The Balaban J connectivity index is 2.26. The Morgan fingerprint density at radius 3 is 2.57 bits per heavy atom. The Morgan fingerprint density at radius 2 is 2.11 bits per heavy atom. The molecule has 156 valence electrons. The van der Waals surface area contributed by atoms with Crippen LogP contribution in [-0.4, -0.2) is 70.7 Å². The van der Waals surface area contributed by atoms with Gasteiger partial charge in [-0.05, 0) is 13.8 Å². The van der Waals surface area contributed by atoms with Crippen LogP contribution in [0.5, 0.6) is 0 Å². The number of nitrogens with zero attached hydrogens (tertiary/aromatic N) is 3. The minimum absolute atomic E-state index is 0.000593. The Labute approximate surface area is 162 Å². The lowest BCUT2D eigenvalue weighted by Gasteiger charge is -2.53. The van der Waals surface area contributed by atoms with Crippen molar-refractivity contribution in [3.05, 3.63) is 5.38 Å². The number of nitrogens with one attached hydrogen (secondary N) is 1. The van der Waals surface area contributed by atoms with Gasteiger partial charge >= 0.3 is 10.4 Å². The second-order valence-electron chi connectivity index (χ2n) is 6.03. The summed E-state index contributed by atoms with van der Waals surface area (Å²) in [6.45, 7) is 1.49. The number of rotatable bonds is 8. The number of anilines is 2. The van der Waals surface area contributed by atoms with E-state index < -0.39 is 52.9 Å². The number of thiazole rings is 1. The van der Waals surface area contributed by atoms with E-state index >= 15 is 0 Å². The molecule has 1 aliphatic rings. The zero-order valence-corrected chi connectivity index (χ0v) is 16.2. The molecule has 0 radical (unpaired) electrons. The number of nitrogen functional groups attached to an aromatic ring is 1. The standard InChI is InChI=1S/C12H17N5O9S2/c1-12(2)9(10(20)17(12)26-28(22,23)24)16(6-5-27-11(13)14-6)8(19)4-25-3-7(18)15-21/h5,9,21H,3-4H2,1-2H3,(H2,13,14)(H,15,18)(H,22,23,24). The van der Waals surface area contributed by atoms with Crippen LogP contribution >= 0.6 is 11.3 Å². The lowest BCUT2D eigenvalue weighted by molar-refractivity contribution is -0.215. The van der Waals surface area contributed by atoms with Gasteiger partial charge in [0.15, 0.2) is 5.13 Å². The van der Waals surface area contributed by atoms with E-state index in [1.165, 1.54) is 24.7 Å². The number of β-lactam (4-membered cyclic amide) rings is 1. The topological polar surface area (TPSA) is 202 Å². The smallest absolute Gasteiger partial charge is 0.375 e. The van der Waals surface area contributed by atoms with Gasteiger partial charge in [-0.3, -0.25) is 29.0 Å². The highest BCUT2D eigenvalue weighted by atomic mass is 32.3. The molecule has 3 amide bonds. The summed E-state index contributed by atoms with van der Waals surface area (Å²) in [5.74, 6) is -2.64. The van der Waals surface area contributed by atoms with E-state index in [1.54, 1.807) is 0 Å². The van der Waals surface area contributed by atoms with E-state index in [4.69, 9.17) is 20.2 Å². The van der Waals surface area contributed by atoms with Crippen molar-refractivity contribution >= 4 is 50.4 Å². The molecular weight excluding hydrogens is 422 g/mol. The third kappa shape index (κ3) is 4.54. The summed E-state index contributed by atoms with van der Waals surface area (Å²) in [4.78, 5) is 40.9. The lowest BCUT2D eigenvalue weighted by Crippen LogP contribution is -2.77. The van der Waals surface area contributed by atoms with Gasteiger partial charge in [0.05, 0.1) is 5.54 Å². The average molecular weight is 439 g/mol. The van der Waals surface area contributed by atoms with Crippen molar-refractivity contribution in [2.45, 2.75) is 25.4 Å². The third-order valence-electron chi connectivity index (χ3n) is 3.66. The number of carbonyl (C=O) groups is 3. The van der Waals surface area contributed by atoms with Crippen molar-refractivity contribution in [3.8, 4) is 0 Å². The summed E-state index contributed by atoms with van der Waals surface area (Å²) < 4.78 is 39.8. The summed E-state index contributed by atoms with van der Waals surface area (Å²) >= 11 is 0.989. The zero-order chi connectivity index (χ0) is 21.3. The Hall–Kier alpha value is -2.37. The fraction of sp³-hybridized carbons (Fsp3) is 0.500. The molecule has 0 bridgehead atoms. The first-order valence-corrected chi connectivity index (χ1v) is 9.67. The van der Waals surface area contributed by atoms with Gasteiger partial charge in [0.2, 0.25) is 0 Å². The van der Waals surface area contributed by atoms with Crippen LogP contribution in [0.2, 0.25) is 0 Å². The molecule has 1 unspecified atom stereocenters. The van der Waals surface area contributed by atoms with Gasteiger partial charge in [-0.2, -0.15) is 13.5 Å². The highest BCUT2D eigenvalue weighted by molar-refractivity contribution is 7.80. The van der Waals surface area contributed by atoms with Crippen LogP contribution in [0.4, 0.5) is 10.9 Å². The van der Waals surface area contributed by atoms with Crippen LogP contribution in [-0.2, 0) is 33.8 Å². The molecule has 2 heterocycles. The predicted molar refractivity (Wildman–Crippen MR) is 92.1 cm³/mol. The zero-order valence-electron chi connectivity index (χ0n) is 14.6. The number of hydrogen-bond donors (Lipinski definition) is 4. The SMILES string of the molecule is CC1(C)C(N(C(=O)COCC(=O)NO)c2csc(N)n2)C(=O)N1OS(=O)(=O)O. The third-order valence-corrected chi connectivity index (χ3v) is 4.66. The number of aromatic nitrogens is 1. The van der Waals surface area contributed by atoms with Crippen molar-refractivity contribution in [3.63, 3.8) is 0 Å². The van der Waals surface area contributed by atoms with Crippen LogP contribution in [0.25, 0.3) is 0 Å². The van der Waals surface area contributed by atoms with Crippen LogP contribution < -0.4 is 16.1 Å². The first kappa shape index (κ1) is 21.9. The quantitative estimate of drug-likeness (QED) is 0.156. The highest BCUT2D eigenvalue weighted by Gasteiger charge is 2.61. The molecule has 0 aliphatic carbocycles. The molecule has 14 nitrogen and oxygen atoms in total. The predicted octanol–water partition coefficient (Wildman–Crippen LogP) is -1.70. The molecular formula is C12H17N5O9S2. The molecule has 2 rings (SSSR count). The molecule has 1 atom stereocenters. The van der Waals surface area contributed by atoms with Gasteiger partial charge in [0.25, 0.3) is 17.7 Å². The van der Waals surface area contributed by atoms with Gasteiger partial charge in [0, 0.05) is 5.38 Å². The van der Waals surface area contributed by atoms with Gasteiger partial charge < -0.3 is 10.5 Å². The van der Waals surface area contributed by atoms with Crippen LogP contribution in [0, 0.1) is 0 Å². The normalized spacial score (nSPS) is 18.5. The van der Waals surface area contributed by atoms with Crippen molar-refractivity contribution in [2.75, 3.05) is 23.8 Å². The average Bonchev–Trinajstić information content (AvgIpc) is 3.01. The van der Waals surface area contributed by atoms with Crippen LogP contribution in [0.1, 0.15) is 13.8 Å². The van der Waals surface area contributed by atoms with E-state index in [1.807, 2.05) is 0 Å². The van der Waals surface area contributed by atoms with Gasteiger partial charge in [-0.25, -0.2) is 10.5 Å². The molecule has 28 heavy (non-hydrogen) atoms. The molecule has 1 aromatic heterocycles. The second-order valence-corrected chi connectivity index (χ2v) is 7.92. The maximum Gasteiger partial charge on any atom is 0.418 e. The van der Waals surface area contributed by atoms with E-state index in [0.717, 1.165) is 16.2 Å². The summed E-state index contributed by atoms with van der Waals surface area (Å²) in [6, 6.07) is -1.27. The van der Waals surface area contributed by atoms with E-state index in [2.05, 4.69) is 9.27 Å². The van der Waals surface area contributed by atoms with Crippen LogP contribution in [0.3, 0.4) is 0 Å². The summed E-state index contributed by atoms with van der Waals surface area (Å²) in [6.07, 6.45) is 0. The Morgan fingerprint density at radius 1 is 1.46 bits per heavy atom. The minimum atomic E-state index is -4.97. The molecule has 16 heteroatoms. The molecule has 5 N–H and O–H groups in total. The number of hydroxylamine groups is 3. The van der Waals surface area contributed by atoms with Crippen molar-refractivity contribution in [2.24, 2.45) is 0 Å². The molecule has 0 aromatic carbocycles. The van der Waals surface area contributed by atoms with Crippen LogP contribution in [0.15, 0.2) is 5.38 Å². The maximum absolute atomic E-state index is 12.6. The van der Waals surface area contributed by atoms with Crippen molar-refractivity contribution in [1.29, 1.82) is 0 Å². The number of carbonyl (C=O) groups excluding carboxylic acids is 3. The summed E-state index contributed by atoms with van der Waals surface area (Å²) in [5.41, 5.74) is 5.51. The number of amides is 3. The fourth-order valence-electron chi connectivity index (χ4n) is 2.52. The fourth-order valence-corrected chi connectivity index (χ4v) is 3.51. The maximum atomic E-state index is 12.6. The first-order chi connectivity index (χ1) is 12.9. The number of nitrogens with two attached hydrogens (primary N) is 1. The number of hydrogen-bond acceptors (Lipinski definition) is 11. The van der Waals surface area contributed by atoms with Gasteiger partial charge in [0.1, 0.15) is 25.1 Å². The summed E-state index contributed by atoms with van der Waals surface area (Å²) in [5, 5.41) is 10.3. The van der Waals surface area contributed by atoms with Gasteiger partial charge in [-0.1, -0.05) is 0 Å². The lowest BCUT2D eigenvalue weighted by atomic mass is 9.83. The highest BCUT2D eigenvalue weighted by Crippen LogP contribution is 2.39. The largest absolute Gasteiger partial charge is 0.418 e. The molecule has 0 spiro atoms. The molecule has 1 aromatic rings. The second kappa shape index (κ2) is 7.94. The van der Waals surface area contributed by atoms with E-state index in [-0.39, 0.29) is 10.9 Å². The minimum Gasteiger partial charge on any atom is -0.375 e. The first-order valence-electron chi connectivity index (χ1n) is 7.43. The Bertz CT molecular complexity index is 884. The van der Waals surface area contributed by atoms with Crippen molar-refractivity contribution < 1.29 is 41.6 Å².